The Morgan fingerprint density at radius 3 is 2.19 bits per heavy atom. The molecule has 1 aromatic rings. The molecule has 0 spiro atoms. The molecule has 0 amide bonds. The number of benzene rings is 1. The highest BCUT2D eigenvalue weighted by molar-refractivity contribution is 5.26. The molecule has 0 heterocycles. The third-order valence-corrected chi connectivity index (χ3v) is 2.73. The molecule has 1 aromatic carbocycles. The van der Waals surface area contributed by atoms with Gasteiger partial charge in [0, 0.05) is 11.5 Å². The van der Waals surface area contributed by atoms with Crippen LogP contribution >= 0.6 is 0 Å². The van der Waals surface area contributed by atoms with Gasteiger partial charge in [0.25, 0.3) is 5.92 Å². The van der Waals surface area contributed by atoms with Gasteiger partial charge in [-0.15, -0.1) is 0 Å². The molecule has 0 unspecified atom stereocenters. The van der Waals surface area contributed by atoms with Gasteiger partial charge in [-0.1, -0.05) is 38.1 Å². The Balaban J connectivity index is 2.78. The predicted molar refractivity (Wildman–Crippen MR) is 62.5 cm³/mol. The molecule has 0 atom stereocenters. The Bertz CT molecular complexity index is 317. The van der Waals surface area contributed by atoms with Crippen LogP contribution in [0.5, 0.6) is 0 Å². The van der Waals surface area contributed by atoms with Crippen molar-refractivity contribution in [3.05, 3.63) is 35.4 Å². The Morgan fingerprint density at radius 2 is 1.75 bits per heavy atom. The number of aryl methyl sites for hydroxylation is 1. The van der Waals surface area contributed by atoms with Crippen molar-refractivity contribution < 1.29 is 8.78 Å². The predicted octanol–water partition coefficient (Wildman–Crippen LogP) is 3.33. The van der Waals surface area contributed by atoms with Crippen molar-refractivity contribution in [1.82, 2.24) is 0 Å². The molecule has 0 aliphatic heterocycles. The van der Waals surface area contributed by atoms with E-state index in [-0.39, 0.29) is 5.56 Å². The van der Waals surface area contributed by atoms with E-state index in [1.165, 1.54) is 26.0 Å². The minimum Gasteiger partial charge on any atom is -0.330 e. The zero-order chi connectivity index (χ0) is 12.2. The van der Waals surface area contributed by atoms with Crippen LogP contribution in [-0.4, -0.2) is 6.54 Å². The first-order valence-corrected chi connectivity index (χ1v) is 5.65. The number of alkyl halides is 2. The first-order valence-electron chi connectivity index (χ1n) is 5.65. The number of hydrogen-bond donors (Lipinski definition) is 1. The van der Waals surface area contributed by atoms with Crippen molar-refractivity contribution in [2.75, 3.05) is 6.54 Å². The lowest BCUT2D eigenvalue weighted by Gasteiger charge is -2.20. The van der Waals surface area contributed by atoms with Gasteiger partial charge >= 0.3 is 0 Å². The van der Waals surface area contributed by atoms with E-state index in [1.54, 1.807) is 12.1 Å². The van der Waals surface area contributed by atoms with Crippen molar-refractivity contribution in [3.63, 3.8) is 0 Å². The zero-order valence-electron chi connectivity index (χ0n) is 9.84. The third-order valence-electron chi connectivity index (χ3n) is 2.73. The Labute approximate surface area is 95.7 Å². The van der Waals surface area contributed by atoms with E-state index < -0.39 is 11.8 Å². The Hall–Kier alpha value is -0.960. The van der Waals surface area contributed by atoms with E-state index in [9.17, 15) is 8.78 Å². The molecule has 0 aliphatic carbocycles. The van der Waals surface area contributed by atoms with Gasteiger partial charge < -0.3 is 5.73 Å². The van der Waals surface area contributed by atoms with Crippen LogP contribution in [0.4, 0.5) is 8.78 Å². The van der Waals surface area contributed by atoms with Crippen LogP contribution in [0.3, 0.4) is 0 Å². The Kier molecular flexibility index (Phi) is 4.42. The molecule has 3 heteroatoms. The fourth-order valence-corrected chi connectivity index (χ4v) is 1.53. The fourth-order valence-electron chi connectivity index (χ4n) is 1.53. The second-order valence-electron chi connectivity index (χ2n) is 4.37. The second-order valence-corrected chi connectivity index (χ2v) is 4.37. The molecule has 0 aromatic heterocycles. The maximum Gasteiger partial charge on any atom is 0.275 e. The lowest BCUT2D eigenvalue weighted by Crippen LogP contribution is -2.20. The van der Waals surface area contributed by atoms with Crippen molar-refractivity contribution in [3.8, 4) is 0 Å². The zero-order valence-corrected chi connectivity index (χ0v) is 9.84. The highest BCUT2D eigenvalue weighted by atomic mass is 19.3. The van der Waals surface area contributed by atoms with Crippen LogP contribution in [0.25, 0.3) is 0 Å². The SMILES string of the molecule is CC(C)C(F)(F)c1ccc(CCCN)cc1. The standard InChI is InChI=1S/C13H19F2N/c1-10(2)13(14,15)12-7-5-11(6-8-12)4-3-9-16/h5-8,10H,3-4,9,16H2,1-2H3. The van der Waals surface area contributed by atoms with Crippen LogP contribution in [0.1, 0.15) is 31.4 Å². The molecule has 2 N–H and O–H groups in total. The minimum absolute atomic E-state index is 0.0963. The number of nitrogens with two attached hydrogens (primary N) is 1. The topological polar surface area (TPSA) is 26.0 Å². The van der Waals surface area contributed by atoms with E-state index in [1.807, 2.05) is 0 Å². The number of rotatable bonds is 5. The van der Waals surface area contributed by atoms with Crippen molar-refractivity contribution in [2.24, 2.45) is 11.7 Å². The summed E-state index contributed by atoms with van der Waals surface area (Å²) in [5.74, 6) is -3.42. The quantitative estimate of drug-likeness (QED) is 0.820. The monoisotopic (exact) mass is 227 g/mol. The second kappa shape index (κ2) is 5.39. The highest BCUT2D eigenvalue weighted by Crippen LogP contribution is 2.35. The summed E-state index contributed by atoms with van der Waals surface area (Å²) < 4.78 is 27.3. The molecule has 90 valence electrons. The molecule has 0 bridgehead atoms. The van der Waals surface area contributed by atoms with Gasteiger partial charge in [-0.05, 0) is 24.9 Å². The minimum atomic E-state index is -2.74. The summed E-state index contributed by atoms with van der Waals surface area (Å²) in [6.07, 6.45) is 1.74. The van der Waals surface area contributed by atoms with E-state index in [0.717, 1.165) is 18.4 Å². The molecular formula is C13H19F2N. The number of hydrogen-bond acceptors (Lipinski definition) is 1. The first-order chi connectivity index (χ1) is 7.48. The maximum atomic E-state index is 13.6. The van der Waals surface area contributed by atoms with Crippen LogP contribution in [-0.2, 0) is 12.3 Å². The van der Waals surface area contributed by atoms with Gasteiger partial charge in [0.05, 0.1) is 0 Å². The summed E-state index contributed by atoms with van der Waals surface area (Å²) in [5.41, 5.74) is 6.56. The van der Waals surface area contributed by atoms with Crippen LogP contribution < -0.4 is 5.73 Å². The van der Waals surface area contributed by atoms with E-state index in [2.05, 4.69) is 0 Å². The van der Waals surface area contributed by atoms with Gasteiger partial charge in [-0.2, -0.15) is 0 Å². The lowest BCUT2D eigenvalue weighted by atomic mass is 9.96. The Morgan fingerprint density at radius 1 is 1.19 bits per heavy atom. The van der Waals surface area contributed by atoms with Gasteiger partial charge in [0.2, 0.25) is 0 Å². The average molecular weight is 227 g/mol. The van der Waals surface area contributed by atoms with Crippen LogP contribution in [0.15, 0.2) is 24.3 Å². The summed E-state index contributed by atoms with van der Waals surface area (Å²) in [7, 11) is 0. The normalized spacial score (nSPS) is 12.1. The van der Waals surface area contributed by atoms with Gasteiger partial charge in [-0.25, -0.2) is 8.78 Å². The summed E-state index contributed by atoms with van der Waals surface area (Å²) in [6.45, 7) is 3.69. The van der Waals surface area contributed by atoms with E-state index >= 15 is 0 Å². The van der Waals surface area contributed by atoms with E-state index in [4.69, 9.17) is 5.73 Å². The number of halogens is 2. The molecule has 1 rings (SSSR count). The van der Waals surface area contributed by atoms with E-state index in [0.29, 0.717) is 6.54 Å². The molecule has 1 nitrogen and oxygen atoms in total. The van der Waals surface area contributed by atoms with Crippen molar-refractivity contribution in [2.45, 2.75) is 32.6 Å². The molecule has 0 fully saturated rings. The molecule has 0 aliphatic rings. The molecule has 0 radical (unpaired) electrons. The largest absolute Gasteiger partial charge is 0.330 e. The van der Waals surface area contributed by atoms with Crippen molar-refractivity contribution >= 4 is 0 Å². The average Bonchev–Trinajstić information content (AvgIpc) is 2.26. The summed E-state index contributed by atoms with van der Waals surface area (Å²) in [4.78, 5) is 0. The van der Waals surface area contributed by atoms with Crippen LogP contribution in [0.2, 0.25) is 0 Å². The smallest absolute Gasteiger partial charge is 0.275 e. The maximum absolute atomic E-state index is 13.6. The first kappa shape index (κ1) is 13.1. The lowest BCUT2D eigenvalue weighted by molar-refractivity contribution is -0.0513. The summed E-state index contributed by atoms with van der Waals surface area (Å²) in [5, 5.41) is 0. The van der Waals surface area contributed by atoms with Crippen molar-refractivity contribution in [1.29, 1.82) is 0 Å². The summed E-state index contributed by atoms with van der Waals surface area (Å²) in [6, 6.07) is 6.57. The molecule has 0 saturated carbocycles. The molecule has 16 heavy (non-hydrogen) atoms. The molecule has 0 saturated heterocycles. The highest BCUT2D eigenvalue weighted by Gasteiger charge is 2.35. The van der Waals surface area contributed by atoms with Gasteiger partial charge in [0.15, 0.2) is 0 Å². The van der Waals surface area contributed by atoms with Crippen LogP contribution in [0, 0.1) is 5.92 Å². The van der Waals surface area contributed by atoms with Gasteiger partial charge in [-0.3, -0.25) is 0 Å². The van der Waals surface area contributed by atoms with Gasteiger partial charge in [0.1, 0.15) is 0 Å². The summed E-state index contributed by atoms with van der Waals surface area (Å²) >= 11 is 0. The third kappa shape index (κ3) is 3.01. The molecular weight excluding hydrogens is 208 g/mol. The fraction of sp³-hybridized carbons (Fsp3) is 0.538.